The Balaban J connectivity index is 1.88. The summed E-state index contributed by atoms with van der Waals surface area (Å²) in [5.74, 6) is 1.76. The molecule has 1 saturated carbocycles. The first kappa shape index (κ1) is 12.4. The van der Waals surface area contributed by atoms with Crippen LogP contribution in [-0.4, -0.2) is 30.6 Å². The number of likely N-dealkylation sites (tertiary alicyclic amines) is 1. The van der Waals surface area contributed by atoms with Gasteiger partial charge in [-0.2, -0.15) is 0 Å². The Kier molecular flexibility index (Phi) is 4.66. The van der Waals surface area contributed by atoms with Crippen molar-refractivity contribution in [1.29, 1.82) is 0 Å². The van der Waals surface area contributed by atoms with Crippen LogP contribution in [-0.2, 0) is 0 Å². The zero-order chi connectivity index (χ0) is 11.4. The lowest BCUT2D eigenvalue weighted by Crippen LogP contribution is -2.40. The van der Waals surface area contributed by atoms with Crippen LogP contribution >= 0.6 is 0 Å². The van der Waals surface area contributed by atoms with Crippen molar-refractivity contribution >= 4 is 0 Å². The average molecular weight is 224 g/mol. The minimum atomic E-state index is 0.776. The quantitative estimate of drug-likeness (QED) is 0.795. The van der Waals surface area contributed by atoms with Crippen molar-refractivity contribution in [2.75, 3.05) is 19.6 Å². The fraction of sp³-hybridized carbons (Fsp3) is 1.00. The molecule has 2 aliphatic rings. The van der Waals surface area contributed by atoms with E-state index < -0.39 is 0 Å². The summed E-state index contributed by atoms with van der Waals surface area (Å²) in [5.41, 5.74) is 5.79. The molecule has 0 amide bonds. The Morgan fingerprint density at radius 1 is 1.19 bits per heavy atom. The maximum Gasteiger partial charge on any atom is 0.0121 e. The monoisotopic (exact) mass is 224 g/mol. The molecule has 2 fully saturated rings. The van der Waals surface area contributed by atoms with Gasteiger partial charge >= 0.3 is 0 Å². The summed E-state index contributed by atoms with van der Waals surface area (Å²) >= 11 is 0. The van der Waals surface area contributed by atoms with Crippen LogP contribution in [0, 0.1) is 11.8 Å². The van der Waals surface area contributed by atoms with Gasteiger partial charge in [-0.05, 0) is 50.6 Å². The summed E-state index contributed by atoms with van der Waals surface area (Å²) in [6.07, 6.45) is 10.0. The molecule has 16 heavy (non-hydrogen) atoms. The molecule has 1 saturated heterocycles. The minimum absolute atomic E-state index is 0.776. The SMILES string of the molecule is CCC(C1CCCCC1)N1CCC(CN)C1. The van der Waals surface area contributed by atoms with E-state index in [1.807, 2.05) is 0 Å². The number of nitrogens with two attached hydrogens (primary N) is 1. The van der Waals surface area contributed by atoms with Crippen molar-refractivity contribution in [2.24, 2.45) is 17.6 Å². The maximum atomic E-state index is 5.79. The molecule has 1 aliphatic heterocycles. The predicted molar refractivity (Wildman–Crippen MR) is 69.4 cm³/mol. The molecule has 1 heterocycles. The fourth-order valence-corrected chi connectivity index (χ4v) is 3.76. The highest BCUT2D eigenvalue weighted by Gasteiger charge is 2.31. The molecule has 1 aliphatic carbocycles. The molecule has 0 spiro atoms. The highest BCUT2D eigenvalue weighted by Crippen LogP contribution is 2.32. The Labute approximate surface area is 101 Å². The fourth-order valence-electron chi connectivity index (χ4n) is 3.76. The molecule has 0 bridgehead atoms. The molecular weight excluding hydrogens is 196 g/mol. The van der Waals surface area contributed by atoms with E-state index in [0.717, 1.165) is 24.4 Å². The molecule has 2 heteroatoms. The van der Waals surface area contributed by atoms with Crippen LogP contribution in [0.25, 0.3) is 0 Å². The van der Waals surface area contributed by atoms with Gasteiger partial charge in [-0.15, -0.1) is 0 Å². The molecule has 2 unspecified atom stereocenters. The van der Waals surface area contributed by atoms with E-state index in [1.54, 1.807) is 0 Å². The van der Waals surface area contributed by atoms with Gasteiger partial charge in [-0.3, -0.25) is 4.90 Å². The van der Waals surface area contributed by atoms with E-state index in [0.29, 0.717) is 0 Å². The minimum Gasteiger partial charge on any atom is -0.330 e. The van der Waals surface area contributed by atoms with E-state index in [4.69, 9.17) is 5.73 Å². The summed E-state index contributed by atoms with van der Waals surface area (Å²) < 4.78 is 0. The smallest absolute Gasteiger partial charge is 0.0121 e. The number of rotatable bonds is 4. The second kappa shape index (κ2) is 6.02. The second-order valence-electron chi connectivity index (χ2n) is 5.76. The molecule has 2 atom stereocenters. The van der Waals surface area contributed by atoms with Gasteiger partial charge in [0.25, 0.3) is 0 Å². The molecule has 0 aromatic carbocycles. The lowest BCUT2D eigenvalue weighted by Gasteiger charge is -2.36. The van der Waals surface area contributed by atoms with Crippen LogP contribution in [0.2, 0.25) is 0 Å². The lowest BCUT2D eigenvalue weighted by molar-refractivity contribution is 0.134. The van der Waals surface area contributed by atoms with Crippen molar-refractivity contribution in [1.82, 2.24) is 4.90 Å². The third kappa shape index (κ3) is 2.78. The van der Waals surface area contributed by atoms with Crippen LogP contribution in [0.15, 0.2) is 0 Å². The first-order valence-electron chi connectivity index (χ1n) is 7.29. The zero-order valence-corrected chi connectivity index (χ0v) is 10.8. The third-order valence-electron chi connectivity index (χ3n) is 4.73. The predicted octanol–water partition coefficient (Wildman–Crippen LogP) is 2.63. The number of hydrogen-bond donors (Lipinski definition) is 1. The van der Waals surface area contributed by atoms with Crippen LogP contribution in [0.1, 0.15) is 51.9 Å². The zero-order valence-electron chi connectivity index (χ0n) is 10.8. The topological polar surface area (TPSA) is 29.3 Å². The van der Waals surface area contributed by atoms with Gasteiger partial charge in [0.15, 0.2) is 0 Å². The largest absolute Gasteiger partial charge is 0.330 e. The Morgan fingerprint density at radius 2 is 1.94 bits per heavy atom. The number of hydrogen-bond acceptors (Lipinski definition) is 2. The van der Waals surface area contributed by atoms with Gasteiger partial charge < -0.3 is 5.73 Å². The van der Waals surface area contributed by atoms with Gasteiger partial charge in [-0.1, -0.05) is 26.2 Å². The van der Waals surface area contributed by atoms with E-state index in [-0.39, 0.29) is 0 Å². The van der Waals surface area contributed by atoms with E-state index in [2.05, 4.69) is 11.8 Å². The summed E-state index contributed by atoms with van der Waals surface area (Å²) in [7, 11) is 0. The van der Waals surface area contributed by atoms with Gasteiger partial charge in [0.2, 0.25) is 0 Å². The van der Waals surface area contributed by atoms with Crippen LogP contribution in [0.5, 0.6) is 0 Å². The summed E-state index contributed by atoms with van der Waals surface area (Å²) in [6, 6.07) is 0.858. The van der Waals surface area contributed by atoms with Crippen molar-refractivity contribution in [3.8, 4) is 0 Å². The first-order chi connectivity index (χ1) is 7.85. The standard InChI is InChI=1S/C14H28N2/c1-2-14(13-6-4-3-5-7-13)16-9-8-12(10-15)11-16/h12-14H,2-11,15H2,1H3. The summed E-state index contributed by atoms with van der Waals surface area (Å²) in [6.45, 7) is 5.83. The lowest BCUT2D eigenvalue weighted by atomic mass is 9.82. The molecule has 0 radical (unpaired) electrons. The van der Waals surface area contributed by atoms with Gasteiger partial charge in [-0.25, -0.2) is 0 Å². The van der Waals surface area contributed by atoms with Crippen LogP contribution in [0.4, 0.5) is 0 Å². The molecule has 0 aromatic heterocycles. The van der Waals surface area contributed by atoms with E-state index >= 15 is 0 Å². The average Bonchev–Trinajstić information content (AvgIpc) is 2.80. The highest BCUT2D eigenvalue weighted by atomic mass is 15.2. The van der Waals surface area contributed by atoms with Gasteiger partial charge in [0, 0.05) is 12.6 Å². The van der Waals surface area contributed by atoms with Crippen molar-refractivity contribution in [2.45, 2.75) is 57.9 Å². The van der Waals surface area contributed by atoms with Gasteiger partial charge in [0.1, 0.15) is 0 Å². The van der Waals surface area contributed by atoms with E-state index in [1.165, 1.54) is 58.0 Å². The first-order valence-corrected chi connectivity index (χ1v) is 7.29. The maximum absolute atomic E-state index is 5.79. The Hall–Kier alpha value is -0.0800. The van der Waals surface area contributed by atoms with Crippen molar-refractivity contribution in [3.05, 3.63) is 0 Å². The van der Waals surface area contributed by atoms with Crippen LogP contribution in [0.3, 0.4) is 0 Å². The van der Waals surface area contributed by atoms with Crippen molar-refractivity contribution in [3.63, 3.8) is 0 Å². The molecule has 0 aromatic rings. The summed E-state index contributed by atoms with van der Waals surface area (Å²) in [5, 5.41) is 0. The van der Waals surface area contributed by atoms with Gasteiger partial charge in [0.05, 0.1) is 0 Å². The third-order valence-corrected chi connectivity index (χ3v) is 4.73. The van der Waals surface area contributed by atoms with Crippen LogP contribution < -0.4 is 5.73 Å². The molecule has 2 nitrogen and oxygen atoms in total. The summed E-state index contributed by atoms with van der Waals surface area (Å²) in [4.78, 5) is 2.74. The molecule has 2 N–H and O–H groups in total. The Morgan fingerprint density at radius 3 is 2.50 bits per heavy atom. The molecular formula is C14H28N2. The second-order valence-corrected chi connectivity index (χ2v) is 5.76. The highest BCUT2D eigenvalue weighted by molar-refractivity contribution is 4.86. The molecule has 94 valence electrons. The molecule has 2 rings (SSSR count). The van der Waals surface area contributed by atoms with Crippen molar-refractivity contribution < 1.29 is 0 Å². The Bertz CT molecular complexity index is 199. The number of nitrogens with zero attached hydrogens (tertiary/aromatic N) is 1. The van der Waals surface area contributed by atoms with E-state index in [9.17, 15) is 0 Å². The normalized spacial score (nSPS) is 30.8.